The number of hydrogen-bond donors (Lipinski definition) is 1. The van der Waals surface area contributed by atoms with Gasteiger partial charge < -0.3 is 0 Å². The predicted octanol–water partition coefficient (Wildman–Crippen LogP) is 5.34. The standard InChI is InChI=1S/C16H14BrF4NS/c1-23(2,15-6-4-3-5-13(15)17)22-10-11-9-12(16(19,20)21)7-8-14(11)18/h3-9,22H,1-2,10H2. The Labute approximate surface area is 141 Å². The molecule has 0 aliphatic carbocycles. The minimum absolute atomic E-state index is 0.0731. The molecule has 0 bridgehead atoms. The predicted molar refractivity (Wildman–Crippen MR) is 92.5 cm³/mol. The second-order valence-corrected chi connectivity index (χ2v) is 8.29. The van der Waals surface area contributed by atoms with Gasteiger partial charge in [0.25, 0.3) is 0 Å². The first-order valence-corrected chi connectivity index (χ1v) is 9.22. The molecule has 0 heterocycles. The molecule has 0 spiro atoms. The second kappa shape index (κ2) is 6.67. The molecule has 0 atom stereocenters. The Hall–Kier alpha value is -1.31. The van der Waals surface area contributed by atoms with Gasteiger partial charge in [-0.25, -0.2) is 4.39 Å². The van der Waals surface area contributed by atoms with Gasteiger partial charge in [-0.2, -0.15) is 13.2 Å². The topological polar surface area (TPSA) is 12.0 Å². The lowest BCUT2D eigenvalue weighted by Gasteiger charge is -2.19. The van der Waals surface area contributed by atoms with Crippen LogP contribution in [0.3, 0.4) is 0 Å². The number of benzene rings is 2. The molecule has 0 fully saturated rings. The summed E-state index contributed by atoms with van der Waals surface area (Å²) >= 11 is 3.39. The van der Waals surface area contributed by atoms with E-state index in [0.29, 0.717) is 0 Å². The van der Waals surface area contributed by atoms with Crippen LogP contribution in [-0.2, 0) is 12.7 Å². The van der Waals surface area contributed by atoms with Crippen LogP contribution in [0.5, 0.6) is 0 Å². The molecule has 0 saturated carbocycles. The number of hydrogen-bond acceptors (Lipinski definition) is 1. The third kappa shape index (κ3) is 4.37. The van der Waals surface area contributed by atoms with Crippen LogP contribution in [0.2, 0.25) is 0 Å². The van der Waals surface area contributed by atoms with Gasteiger partial charge in [0.15, 0.2) is 0 Å². The van der Waals surface area contributed by atoms with Crippen molar-refractivity contribution < 1.29 is 17.6 Å². The summed E-state index contributed by atoms with van der Waals surface area (Å²) in [5, 5.41) is 0. The Bertz CT molecular complexity index is 813. The van der Waals surface area contributed by atoms with E-state index < -0.39 is 26.9 Å². The van der Waals surface area contributed by atoms with Crippen LogP contribution in [0.1, 0.15) is 11.1 Å². The van der Waals surface area contributed by atoms with Crippen LogP contribution < -0.4 is 4.72 Å². The van der Waals surface area contributed by atoms with Crippen LogP contribution in [0.4, 0.5) is 17.6 Å². The summed E-state index contributed by atoms with van der Waals surface area (Å²) in [4.78, 5) is 0.799. The van der Waals surface area contributed by atoms with Gasteiger partial charge in [0.05, 0.1) is 5.56 Å². The van der Waals surface area contributed by atoms with E-state index in [9.17, 15) is 17.6 Å². The Morgan fingerprint density at radius 3 is 2.35 bits per heavy atom. The minimum atomic E-state index is -4.51. The average molecular weight is 408 g/mol. The summed E-state index contributed by atoms with van der Waals surface area (Å²) < 4.78 is 55.7. The lowest BCUT2D eigenvalue weighted by atomic mass is 10.1. The van der Waals surface area contributed by atoms with Gasteiger partial charge in [-0.1, -0.05) is 23.9 Å². The highest BCUT2D eigenvalue weighted by Gasteiger charge is 2.31. The fourth-order valence-corrected chi connectivity index (χ4v) is 4.52. The molecule has 23 heavy (non-hydrogen) atoms. The van der Waals surface area contributed by atoms with Crippen molar-refractivity contribution in [2.75, 3.05) is 0 Å². The van der Waals surface area contributed by atoms with Crippen molar-refractivity contribution in [3.05, 3.63) is 63.9 Å². The zero-order valence-electron chi connectivity index (χ0n) is 12.0. The van der Waals surface area contributed by atoms with Gasteiger partial charge in [-0.05, 0) is 46.3 Å². The second-order valence-electron chi connectivity index (χ2n) is 4.94. The maximum absolute atomic E-state index is 13.8. The lowest BCUT2D eigenvalue weighted by molar-refractivity contribution is -0.137. The van der Waals surface area contributed by atoms with Gasteiger partial charge >= 0.3 is 6.18 Å². The molecule has 1 N–H and O–H groups in total. The molecule has 2 aromatic rings. The molecular weight excluding hydrogens is 394 g/mol. The summed E-state index contributed by atoms with van der Waals surface area (Å²) in [6.07, 6.45) is -4.51. The number of halogens is 5. The Balaban J connectivity index is 2.26. The van der Waals surface area contributed by atoms with Crippen molar-refractivity contribution in [3.63, 3.8) is 0 Å². The fraction of sp³-hybridized carbons (Fsp3) is 0.125. The maximum atomic E-state index is 13.8. The monoisotopic (exact) mass is 407 g/mol. The first kappa shape index (κ1) is 18.0. The highest BCUT2D eigenvalue weighted by atomic mass is 79.9. The zero-order valence-corrected chi connectivity index (χ0v) is 14.4. The fourth-order valence-electron chi connectivity index (χ4n) is 1.94. The minimum Gasteiger partial charge on any atom is -0.267 e. The molecule has 0 radical (unpaired) electrons. The molecule has 0 unspecified atom stereocenters. The molecule has 2 rings (SSSR count). The molecule has 0 aliphatic rings. The van der Waals surface area contributed by atoms with Gasteiger partial charge in [0.1, 0.15) is 5.82 Å². The van der Waals surface area contributed by atoms with E-state index in [1.807, 2.05) is 24.3 Å². The molecule has 2 aromatic carbocycles. The first-order valence-electron chi connectivity index (χ1n) is 6.45. The molecule has 0 aliphatic heterocycles. The SMILES string of the molecule is C=S(=C)(NCc1cc(C(F)(F)F)ccc1F)c1ccccc1Br. The maximum Gasteiger partial charge on any atom is 0.416 e. The first-order chi connectivity index (χ1) is 10.6. The smallest absolute Gasteiger partial charge is 0.267 e. The molecule has 0 aromatic heterocycles. The Morgan fingerprint density at radius 1 is 1.09 bits per heavy atom. The number of nitrogens with one attached hydrogen (secondary N) is 1. The van der Waals surface area contributed by atoms with E-state index in [1.54, 1.807) is 0 Å². The van der Waals surface area contributed by atoms with E-state index in [1.165, 1.54) is 0 Å². The van der Waals surface area contributed by atoms with E-state index in [4.69, 9.17) is 0 Å². The lowest BCUT2D eigenvalue weighted by Crippen LogP contribution is -2.13. The van der Waals surface area contributed by atoms with Crippen LogP contribution in [0, 0.1) is 5.82 Å². The Kier molecular flexibility index (Phi) is 5.23. The van der Waals surface area contributed by atoms with Crippen molar-refractivity contribution >= 4 is 37.1 Å². The van der Waals surface area contributed by atoms with Crippen molar-refractivity contribution in [1.29, 1.82) is 0 Å². The van der Waals surface area contributed by atoms with E-state index in [0.717, 1.165) is 27.6 Å². The molecule has 0 saturated heterocycles. The molecular formula is C16H14BrF4NS. The van der Waals surface area contributed by atoms with Gasteiger partial charge in [-0.15, -0.1) is 9.39 Å². The van der Waals surface area contributed by atoms with Crippen molar-refractivity contribution in [3.8, 4) is 0 Å². The summed E-state index contributed by atoms with van der Waals surface area (Å²) in [6.45, 7) is -0.0978. The summed E-state index contributed by atoms with van der Waals surface area (Å²) in [5.41, 5.74) is -0.957. The largest absolute Gasteiger partial charge is 0.416 e. The van der Waals surface area contributed by atoms with E-state index >= 15 is 0 Å². The van der Waals surface area contributed by atoms with Gasteiger partial charge in [0, 0.05) is 21.5 Å². The summed E-state index contributed by atoms with van der Waals surface area (Å²) in [5.74, 6) is 7.31. The number of rotatable bonds is 4. The van der Waals surface area contributed by atoms with Crippen molar-refractivity contribution in [2.45, 2.75) is 17.6 Å². The third-order valence-electron chi connectivity index (χ3n) is 3.17. The Morgan fingerprint density at radius 2 is 1.74 bits per heavy atom. The van der Waals surface area contributed by atoms with Crippen LogP contribution >= 0.6 is 25.3 Å². The van der Waals surface area contributed by atoms with E-state index in [2.05, 4.69) is 32.4 Å². The van der Waals surface area contributed by atoms with Gasteiger partial charge in [-0.3, -0.25) is 4.72 Å². The third-order valence-corrected chi connectivity index (χ3v) is 6.02. The van der Waals surface area contributed by atoms with Crippen molar-refractivity contribution in [1.82, 2.24) is 4.72 Å². The van der Waals surface area contributed by atoms with Crippen LogP contribution in [-0.4, -0.2) is 11.7 Å². The van der Waals surface area contributed by atoms with Gasteiger partial charge in [0.2, 0.25) is 0 Å². The quantitative estimate of drug-likeness (QED) is 0.532. The molecule has 7 heteroatoms. The number of alkyl halides is 3. The molecule has 0 amide bonds. The molecule has 124 valence electrons. The van der Waals surface area contributed by atoms with Crippen LogP contribution in [0.15, 0.2) is 51.8 Å². The van der Waals surface area contributed by atoms with Crippen molar-refractivity contribution in [2.24, 2.45) is 0 Å². The van der Waals surface area contributed by atoms with E-state index in [-0.39, 0.29) is 12.1 Å². The normalized spacial score (nSPS) is 12.4. The zero-order chi connectivity index (χ0) is 17.3. The summed E-state index contributed by atoms with van der Waals surface area (Å²) in [6, 6.07) is 9.62. The molecule has 1 nitrogen and oxygen atoms in total. The highest BCUT2D eigenvalue weighted by Crippen LogP contribution is 2.35. The highest BCUT2D eigenvalue weighted by molar-refractivity contribution is 9.10. The summed E-state index contributed by atoms with van der Waals surface area (Å²) in [7, 11) is -2.00. The van der Waals surface area contributed by atoms with Crippen LogP contribution in [0.25, 0.3) is 0 Å². The average Bonchev–Trinajstić information content (AvgIpc) is 2.45.